The molecule has 0 spiro atoms. The molecule has 0 aliphatic carbocycles. The third-order valence-corrected chi connectivity index (χ3v) is 4.22. The van der Waals surface area contributed by atoms with Crippen LogP contribution in [0.25, 0.3) is 0 Å². The zero-order valence-electron chi connectivity index (χ0n) is 14.1. The SMILES string of the molecule is O=C(CCC(=O)Nc1ccc(Cl)cc1Cl)N/N=C/c1ccc(Cl)c([N+](=O)[O-])c1. The van der Waals surface area contributed by atoms with Crippen LogP contribution in [-0.2, 0) is 9.59 Å². The number of nitrogens with one attached hydrogen (secondary N) is 2. The third kappa shape index (κ3) is 6.49. The molecule has 0 atom stereocenters. The molecule has 0 bridgehead atoms. The number of hydrogen-bond donors (Lipinski definition) is 2. The van der Waals surface area contributed by atoms with E-state index in [1.807, 2.05) is 0 Å². The van der Waals surface area contributed by atoms with Crippen molar-refractivity contribution >= 4 is 64.2 Å². The topological polar surface area (TPSA) is 114 Å². The lowest BCUT2D eigenvalue weighted by Crippen LogP contribution is -2.20. The Kier molecular flexibility index (Phi) is 7.74. The first kappa shape index (κ1) is 21.6. The van der Waals surface area contributed by atoms with Gasteiger partial charge in [0.2, 0.25) is 11.8 Å². The van der Waals surface area contributed by atoms with Crippen molar-refractivity contribution in [1.82, 2.24) is 5.43 Å². The first-order valence-corrected chi connectivity index (χ1v) is 8.90. The number of amides is 2. The number of hydrazone groups is 1. The van der Waals surface area contributed by atoms with Crippen molar-refractivity contribution in [2.24, 2.45) is 5.10 Å². The minimum absolute atomic E-state index is 0.00186. The highest BCUT2D eigenvalue weighted by molar-refractivity contribution is 6.36. The van der Waals surface area contributed by atoms with Gasteiger partial charge in [-0.05, 0) is 24.3 Å². The highest BCUT2D eigenvalue weighted by atomic mass is 35.5. The number of carbonyl (C=O) groups excluding carboxylic acids is 2. The summed E-state index contributed by atoms with van der Waals surface area (Å²) < 4.78 is 0. The van der Waals surface area contributed by atoms with Crippen LogP contribution in [0, 0.1) is 10.1 Å². The van der Waals surface area contributed by atoms with Gasteiger partial charge in [-0.3, -0.25) is 19.7 Å². The highest BCUT2D eigenvalue weighted by Gasteiger charge is 2.12. The van der Waals surface area contributed by atoms with Crippen LogP contribution >= 0.6 is 34.8 Å². The van der Waals surface area contributed by atoms with Gasteiger partial charge >= 0.3 is 0 Å². The summed E-state index contributed by atoms with van der Waals surface area (Å²) in [5.74, 6) is -0.909. The maximum Gasteiger partial charge on any atom is 0.288 e. The number of nitro benzene ring substituents is 1. The van der Waals surface area contributed by atoms with Gasteiger partial charge in [-0.1, -0.05) is 40.9 Å². The molecular formula is C17H13Cl3N4O4. The van der Waals surface area contributed by atoms with Crippen LogP contribution in [0.3, 0.4) is 0 Å². The van der Waals surface area contributed by atoms with E-state index in [9.17, 15) is 19.7 Å². The molecule has 0 saturated carbocycles. The van der Waals surface area contributed by atoms with Gasteiger partial charge in [-0.15, -0.1) is 0 Å². The first-order valence-electron chi connectivity index (χ1n) is 7.77. The second kappa shape index (κ2) is 10.0. The van der Waals surface area contributed by atoms with Crippen molar-refractivity contribution in [2.45, 2.75) is 12.8 Å². The number of hydrogen-bond acceptors (Lipinski definition) is 5. The van der Waals surface area contributed by atoms with Gasteiger partial charge in [0.25, 0.3) is 5.69 Å². The number of anilines is 1. The van der Waals surface area contributed by atoms with Crippen LogP contribution in [0.15, 0.2) is 41.5 Å². The lowest BCUT2D eigenvalue weighted by Gasteiger charge is -2.07. The summed E-state index contributed by atoms with van der Waals surface area (Å²) in [5.41, 5.74) is 2.74. The standard InChI is InChI=1S/C17H13Cl3N4O4/c18-11-2-4-14(13(20)8-11)22-16(25)5-6-17(26)23-21-9-10-1-3-12(19)15(7-10)24(27)28/h1-4,7-9H,5-6H2,(H,22,25)(H,23,26)/b21-9+. The average Bonchev–Trinajstić information content (AvgIpc) is 2.63. The van der Waals surface area contributed by atoms with Crippen molar-refractivity contribution in [3.05, 3.63) is 67.1 Å². The van der Waals surface area contributed by atoms with Crippen molar-refractivity contribution in [1.29, 1.82) is 0 Å². The van der Waals surface area contributed by atoms with E-state index in [1.54, 1.807) is 12.1 Å². The number of halogens is 3. The number of carbonyl (C=O) groups is 2. The molecule has 2 rings (SSSR count). The molecule has 28 heavy (non-hydrogen) atoms. The maximum atomic E-state index is 11.9. The predicted octanol–water partition coefficient (Wildman–Crippen LogP) is 4.42. The Labute approximate surface area is 174 Å². The lowest BCUT2D eigenvalue weighted by atomic mass is 10.2. The molecule has 146 valence electrons. The molecule has 0 heterocycles. The van der Waals surface area contributed by atoms with E-state index in [-0.39, 0.29) is 28.6 Å². The number of rotatable bonds is 7. The second-order valence-electron chi connectivity index (χ2n) is 5.43. The van der Waals surface area contributed by atoms with E-state index in [4.69, 9.17) is 34.8 Å². The predicted molar refractivity (Wildman–Crippen MR) is 108 cm³/mol. The molecule has 11 heteroatoms. The summed E-state index contributed by atoms with van der Waals surface area (Å²) in [5, 5.41) is 17.8. The quantitative estimate of drug-likeness (QED) is 0.374. The Morgan fingerprint density at radius 2 is 1.75 bits per heavy atom. The van der Waals surface area contributed by atoms with Crippen LogP contribution in [-0.4, -0.2) is 23.0 Å². The van der Waals surface area contributed by atoms with Gasteiger partial charge < -0.3 is 5.32 Å². The molecule has 2 aromatic carbocycles. The van der Waals surface area contributed by atoms with E-state index in [1.165, 1.54) is 30.5 Å². The Morgan fingerprint density at radius 1 is 1.04 bits per heavy atom. The average molecular weight is 444 g/mol. The molecule has 0 aliphatic heterocycles. The first-order chi connectivity index (χ1) is 13.3. The maximum absolute atomic E-state index is 11.9. The van der Waals surface area contributed by atoms with E-state index in [0.29, 0.717) is 16.3 Å². The summed E-state index contributed by atoms with van der Waals surface area (Å²) in [6.07, 6.45) is 1.02. The van der Waals surface area contributed by atoms with Gasteiger partial charge in [-0.2, -0.15) is 5.10 Å². The normalized spacial score (nSPS) is 10.7. The minimum Gasteiger partial charge on any atom is -0.325 e. The molecule has 0 aliphatic rings. The zero-order chi connectivity index (χ0) is 20.7. The Balaban J connectivity index is 1.82. The van der Waals surface area contributed by atoms with Crippen LogP contribution < -0.4 is 10.7 Å². The summed E-state index contributed by atoms with van der Waals surface area (Å²) in [6.45, 7) is 0. The Hall–Kier alpha value is -2.68. The molecule has 8 nitrogen and oxygen atoms in total. The lowest BCUT2D eigenvalue weighted by molar-refractivity contribution is -0.384. The van der Waals surface area contributed by atoms with E-state index in [2.05, 4.69) is 15.8 Å². The number of nitrogens with zero attached hydrogens (tertiary/aromatic N) is 2. The molecule has 2 aromatic rings. The molecule has 0 unspecified atom stereocenters. The monoisotopic (exact) mass is 442 g/mol. The molecule has 0 saturated heterocycles. The van der Waals surface area contributed by atoms with Crippen LogP contribution in [0.2, 0.25) is 15.1 Å². The Bertz CT molecular complexity index is 950. The summed E-state index contributed by atoms with van der Waals surface area (Å²) in [7, 11) is 0. The van der Waals surface area contributed by atoms with Crippen molar-refractivity contribution in [3.8, 4) is 0 Å². The van der Waals surface area contributed by atoms with Crippen molar-refractivity contribution < 1.29 is 14.5 Å². The van der Waals surface area contributed by atoms with Crippen LogP contribution in [0.5, 0.6) is 0 Å². The van der Waals surface area contributed by atoms with Crippen molar-refractivity contribution in [3.63, 3.8) is 0 Å². The van der Waals surface area contributed by atoms with Gasteiger partial charge in [0.05, 0.1) is 21.8 Å². The molecule has 0 aromatic heterocycles. The number of nitro groups is 1. The van der Waals surface area contributed by atoms with Gasteiger partial charge in [0, 0.05) is 29.5 Å². The fourth-order valence-electron chi connectivity index (χ4n) is 2.02. The van der Waals surface area contributed by atoms with Crippen LogP contribution in [0.4, 0.5) is 11.4 Å². The molecule has 2 amide bonds. The van der Waals surface area contributed by atoms with E-state index < -0.39 is 16.7 Å². The van der Waals surface area contributed by atoms with E-state index >= 15 is 0 Å². The van der Waals surface area contributed by atoms with E-state index in [0.717, 1.165) is 0 Å². The smallest absolute Gasteiger partial charge is 0.288 e. The fourth-order valence-corrected chi connectivity index (χ4v) is 2.66. The van der Waals surface area contributed by atoms with Gasteiger partial charge in [0.1, 0.15) is 5.02 Å². The van der Waals surface area contributed by atoms with Gasteiger partial charge in [-0.25, -0.2) is 5.43 Å². The number of benzene rings is 2. The largest absolute Gasteiger partial charge is 0.325 e. The summed E-state index contributed by atoms with van der Waals surface area (Å²) >= 11 is 17.4. The third-order valence-electron chi connectivity index (χ3n) is 3.35. The highest BCUT2D eigenvalue weighted by Crippen LogP contribution is 2.26. The molecule has 0 fully saturated rings. The molecule has 0 radical (unpaired) electrons. The molecular weight excluding hydrogens is 431 g/mol. The zero-order valence-corrected chi connectivity index (χ0v) is 16.4. The summed E-state index contributed by atoms with van der Waals surface area (Å²) in [6, 6.07) is 8.70. The Morgan fingerprint density at radius 3 is 2.43 bits per heavy atom. The second-order valence-corrected chi connectivity index (χ2v) is 6.68. The summed E-state index contributed by atoms with van der Waals surface area (Å²) in [4.78, 5) is 33.8. The van der Waals surface area contributed by atoms with Crippen LogP contribution in [0.1, 0.15) is 18.4 Å². The minimum atomic E-state index is -0.621. The fraction of sp³-hybridized carbons (Fsp3) is 0.118. The van der Waals surface area contributed by atoms with Crippen molar-refractivity contribution in [2.75, 3.05) is 5.32 Å². The molecule has 2 N–H and O–H groups in total. The van der Waals surface area contributed by atoms with Gasteiger partial charge in [0.15, 0.2) is 0 Å².